The first-order valence-corrected chi connectivity index (χ1v) is 5.36. The number of nitrogens with two attached hydrogens (primary N) is 1. The predicted octanol–water partition coefficient (Wildman–Crippen LogP) is 0.770. The van der Waals surface area contributed by atoms with Gasteiger partial charge in [0.05, 0.1) is 18.3 Å². The average Bonchev–Trinajstić information content (AvgIpc) is 2.53. The van der Waals surface area contributed by atoms with Crippen molar-refractivity contribution >= 4 is 0 Å². The van der Waals surface area contributed by atoms with Gasteiger partial charge >= 0.3 is 0 Å². The van der Waals surface area contributed by atoms with E-state index in [2.05, 4.69) is 0 Å². The molecule has 0 amide bonds. The van der Waals surface area contributed by atoms with Gasteiger partial charge in [-0.15, -0.1) is 0 Å². The van der Waals surface area contributed by atoms with Gasteiger partial charge in [-0.1, -0.05) is 7.43 Å². The second-order valence-electron chi connectivity index (χ2n) is 4.31. The summed E-state index contributed by atoms with van der Waals surface area (Å²) in [4.78, 5) is 0. The van der Waals surface area contributed by atoms with Gasteiger partial charge in [-0.2, -0.15) is 0 Å². The number of aliphatic hydroxyl groups is 1. The fourth-order valence-corrected chi connectivity index (χ4v) is 2.18. The molecule has 0 aromatic rings. The molecule has 100 valence electrons. The van der Waals surface area contributed by atoms with Gasteiger partial charge in [0.2, 0.25) is 0 Å². The molecular weight excluding hydrogens is 208 g/mol. The van der Waals surface area contributed by atoms with Crippen molar-refractivity contribution in [3.8, 4) is 0 Å². The molecule has 5 heteroatoms. The van der Waals surface area contributed by atoms with E-state index in [9.17, 15) is 0 Å². The highest BCUT2D eigenvalue weighted by Gasteiger charge is 2.42. The van der Waals surface area contributed by atoms with Crippen LogP contribution in [0.25, 0.3) is 0 Å². The minimum atomic E-state index is -0.208. The Labute approximate surface area is 98.2 Å². The summed E-state index contributed by atoms with van der Waals surface area (Å²) in [5.74, 6) is 0. The van der Waals surface area contributed by atoms with Gasteiger partial charge in [-0.25, -0.2) is 0 Å². The van der Waals surface area contributed by atoms with E-state index in [1.807, 2.05) is 0 Å². The van der Waals surface area contributed by atoms with E-state index in [1.165, 1.54) is 19.3 Å². The third kappa shape index (κ3) is 4.76. The van der Waals surface area contributed by atoms with Crippen LogP contribution in [0.3, 0.4) is 0 Å². The molecular formula is C11H28N2O3. The molecule has 0 bridgehead atoms. The van der Waals surface area contributed by atoms with Gasteiger partial charge in [-0.3, -0.25) is 0 Å². The van der Waals surface area contributed by atoms with E-state index >= 15 is 0 Å². The van der Waals surface area contributed by atoms with Gasteiger partial charge in [0.15, 0.2) is 0 Å². The number of rotatable bonds is 0. The zero-order chi connectivity index (χ0) is 9.26. The molecule has 2 aliphatic carbocycles. The quantitative estimate of drug-likeness (QED) is 0.537. The Morgan fingerprint density at radius 3 is 1.62 bits per heavy atom. The number of fused-ring (bicyclic) bond motifs is 1. The molecule has 8 N–H and O–H groups in total. The van der Waals surface area contributed by atoms with Crippen molar-refractivity contribution in [2.45, 2.75) is 70.3 Å². The lowest BCUT2D eigenvalue weighted by atomic mass is 10.2. The van der Waals surface area contributed by atoms with Crippen LogP contribution in [0.5, 0.6) is 0 Å². The van der Waals surface area contributed by atoms with Crippen molar-refractivity contribution in [2.24, 2.45) is 5.73 Å². The van der Waals surface area contributed by atoms with Crippen LogP contribution in [0.2, 0.25) is 0 Å². The first-order chi connectivity index (χ1) is 6.27. The molecule has 0 aromatic carbocycles. The molecule has 0 spiro atoms. The van der Waals surface area contributed by atoms with Crippen LogP contribution in [0.1, 0.15) is 46.0 Å². The highest BCUT2D eigenvalue weighted by Crippen LogP contribution is 2.37. The van der Waals surface area contributed by atoms with Gasteiger partial charge in [0.25, 0.3) is 0 Å². The van der Waals surface area contributed by atoms with E-state index in [4.69, 9.17) is 15.6 Å². The number of aliphatic hydroxyl groups excluding tert-OH is 1. The van der Waals surface area contributed by atoms with Crippen molar-refractivity contribution in [3.63, 3.8) is 0 Å². The summed E-state index contributed by atoms with van der Waals surface area (Å²) in [6.07, 6.45) is 8.31. The Kier molecular flexibility index (Phi) is 9.06. The van der Waals surface area contributed by atoms with Gasteiger partial charge in [0, 0.05) is 6.04 Å². The first-order valence-electron chi connectivity index (χ1n) is 5.36. The number of epoxide rings is 1. The molecule has 3 fully saturated rings. The smallest absolute Gasteiger partial charge is 0.0841 e. The molecule has 16 heavy (non-hydrogen) atoms. The van der Waals surface area contributed by atoms with Crippen LogP contribution in [-0.4, -0.2) is 34.9 Å². The van der Waals surface area contributed by atoms with E-state index in [-0.39, 0.29) is 31.2 Å². The molecule has 3 rings (SSSR count). The highest BCUT2D eigenvalue weighted by atomic mass is 16.6. The second-order valence-corrected chi connectivity index (χ2v) is 4.31. The summed E-state index contributed by atoms with van der Waals surface area (Å²) in [6, 6.07) is 0.0694. The Bertz CT molecular complexity index is 165. The molecule has 5 nitrogen and oxygen atoms in total. The van der Waals surface area contributed by atoms with Crippen molar-refractivity contribution in [2.75, 3.05) is 0 Å². The second kappa shape index (κ2) is 7.97. The Morgan fingerprint density at radius 1 is 1.00 bits per heavy atom. The minimum Gasteiger partial charge on any atom is -0.412 e. The van der Waals surface area contributed by atoms with Crippen LogP contribution >= 0.6 is 0 Å². The Balaban J connectivity index is 0. The largest absolute Gasteiger partial charge is 0.412 e. The van der Waals surface area contributed by atoms with E-state index in [0.717, 1.165) is 19.3 Å². The monoisotopic (exact) mass is 236 g/mol. The van der Waals surface area contributed by atoms with Gasteiger partial charge in [0.1, 0.15) is 0 Å². The van der Waals surface area contributed by atoms with Gasteiger partial charge in [-0.05, 0) is 38.5 Å². The maximum Gasteiger partial charge on any atom is 0.0841 e. The summed E-state index contributed by atoms with van der Waals surface area (Å²) in [6.45, 7) is 0. The van der Waals surface area contributed by atoms with E-state index in [0.29, 0.717) is 12.2 Å². The number of hydrogen-bond donors (Lipinski definition) is 3. The van der Waals surface area contributed by atoms with Crippen LogP contribution in [0.4, 0.5) is 0 Å². The molecule has 0 radical (unpaired) electrons. The van der Waals surface area contributed by atoms with Crippen molar-refractivity contribution in [1.82, 2.24) is 6.15 Å². The standard InChI is InChI=1S/C5H11NO.C5H8O.CH4.H3N.H2O/c6-4-2-1-3-5(4)7;1-2-4-5(3-1)6-4;;;/h4-5,7H,1-3,6H2;4-5H,1-3H2;1H4;1H3;1H2. The molecule has 4 unspecified atom stereocenters. The lowest BCUT2D eigenvalue weighted by molar-refractivity contribution is 0.165. The van der Waals surface area contributed by atoms with Crippen LogP contribution < -0.4 is 11.9 Å². The Morgan fingerprint density at radius 2 is 1.50 bits per heavy atom. The first kappa shape index (κ1) is 18.2. The fourth-order valence-electron chi connectivity index (χ4n) is 2.18. The molecule has 1 saturated heterocycles. The summed E-state index contributed by atoms with van der Waals surface area (Å²) in [5.41, 5.74) is 5.43. The predicted molar refractivity (Wildman–Crippen MR) is 65.7 cm³/mol. The summed E-state index contributed by atoms with van der Waals surface area (Å²) < 4.78 is 5.15. The number of ether oxygens (including phenoxy) is 1. The topological polar surface area (TPSA) is 125 Å². The maximum atomic E-state index is 8.87. The molecule has 3 aliphatic rings. The summed E-state index contributed by atoms with van der Waals surface area (Å²) in [7, 11) is 0. The van der Waals surface area contributed by atoms with Crippen molar-refractivity contribution in [1.29, 1.82) is 0 Å². The van der Waals surface area contributed by atoms with Crippen LogP contribution in [0.15, 0.2) is 0 Å². The Hall–Kier alpha value is -0.200. The van der Waals surface area contributed by atoms with Crippen LogP contribution in [0, 0.1) is 0 Å². The molecule has 2 saturated carbocycles. The third-order valence-corrected chi connectivity index (χ3v) is 3.20. The molecule has 4 atom stereocenters. The molecule has 1 heterocycles. The van der Waals surface area contributed by atoms with Gasteiger partial charge < -0.3 is 27.2 Å². The third-order valence-electron chi connectivity index (χ3n) is 3.20. The zero-order valence-corrected chi connectivity index (χ0v) is 9.19. The lowest BCUT2D eigenvalue weighted by Gasteiger charge is -2.04. The molecule has 1 aliphatic heterocycles. The van der Waals surface area contributed by atoms with Crippen molar-refractivity contribution < 1.29 is 15.3 Å². The van der Waals surface area contributed by atoms with E-state index in [1.54, 1.807) is 0 Å². The zero-order valence-electron chi connectivity index (χ0n) is 9.19. The van der Waals surface area contributed by atoms with E-state index < -0.39 is 0 Å². The maximum absolute atomic E-state index is 8.87. The summed E-state index contributed by atoms with van der Waals surface area (Å²) >= 11 is 0. The fraction of sp³-hybridized carbons (Fsp3) is 1.00. The molecule has 0 aromatic heterocycles. The van der Waals surface area contributed by atoms with Crippen LogP contribution in [-0.2, 0) is 4.74 Å². The van der Waals surface area contributed by atoms with Crippen molar-refractivity contribution in [3.05, 3.63) is 0 Å². The number of hydrogen-bond acceptors (Lipinski definition) is 4. The SMILES string of the molecule is C.C1CC2OC2C1.N.NC1CCCC1O.O. The minimum absolute atomic E-state index is 0. The lowest BCUT2D eigenvalue weighted by Crippen LogP contribution is -2.28. The highest BCUT2D eigenvalue weighted by molar-refractivity contribution is 4.90. The average molecular weight is 236 g/mol. The summed E-state index contributed by atoms with van der Waals surface area (Å²) in [5, 5.41) is 8.87. The normalized spacial score (nSPS) is 37.9.